The Balaban J connectivity index is 2.54. The molecule has 0 saturated carbocycles. The van der Waals surface area contributed by atoms with Crippen LogP contribution in [0.25, 0.3) is 0 Å². The van der Waals surface area contributed by atoms with Crippen LogP contribution in [0.2, 0.25) is 0 Å². The van der Waals surface area contributed by atoms with Crippen LogP contribution in [0.5, 0.6) is 5.88 Å². The molecule has 0 aliphatic carbocycles. The molecular weight excluding hydrogens is 178 g/mol. The predicted molar refractivity (Wildman–Crippen MR) is 56.1 cm³/mol. The van der Waals surface area contributed by atoms with Crippen LogP contribution in [0, 0.1) is 6.92 Å². The van der Waals surface area contributed by atoms with Gasteiger partial charge in [0.25, 0.3) is 0 Å². The lowest BCUT2D eigenvalue weighted by Crippen LogP contribution is -2.03. The molecule has 0 bridgehead atoms. The maximum atomic E-state index is 5.47. The van der Waals surface area contributed by atoms with Gasteiger partial charge in [0.05, 0.1) is 6.61 Å². The first-order chi connectivity index (χ1) is 6.58. The Hall–Kier alpha value is -1.58. The van der Waals surface area contributed by atoms with Crippen molar-refractivity contribution in [3.05, 3.63) is 23.9 Å². The molecule has 76 valence electrons. The lowest BCUT2D eigenvalue weighted by molar-refractivity contribution is 0.309. The molecule has 0 radical (unpaired) electrons. The van der Waals surface area contributed by atoms with Gasteiger partial charge in [0.1, 0.15) is 0 Å². The summed E-state index contributed by atoms with van der Waals surface area (Å²) < 4.78 is 5.39. The van der Waals surface area contributed by atoms with Crippen LogP contribution < -0.4 is 10.5 Å². The Morgan fingerprint density at radius 2 is 2.29 bits per heavy atom. The average Bonchev–Trinajstić information content (AvgIpc) is 2.01. The van der Waals surface area contributed by atoms with Gasteiger partial charge in [-0.25, -0.2) is 4.98 Å². The number of aryl methyl sites for hydroxylation is 1. The lowest BCUT2D eigenvalue weighted by Gasteiger charge is -2.05. The third kappa shape index (κ3) is 3.43. The zero-order valence-corrected chi connectivity index (χ0v) is 8.58. The van der Waals surface area contributed by atoms with Gasteiger partial charge in [0, 0.05) is 18.2 Å². The first-order valence-corrected chi connectivity index (χ1v) is 4.46. The summed E-state index contributed by atoms with van der Waals surface area (Å²) in [5, 5.41) is 0. The molecule has 1 aromatic rings. The van der Waals surface area contributed by atoms with Gasteiger partial charge in [-0.1, -0.05) is 5.57 Å². The Morgan fingerprint density at radius 1 is 1.57 bits per heavy atom. The molecule has 1 rings (SSSR count). The SMILES string of the molecule is C=C(C)CCOc1cc(C)nc(N)n1. The zero-order chi connectivity index (χ0) is 10.6. The molecule has 0 fully saturated rings. The highest BCUT2D eigenvalue weighted by atomic mass is 16.5. The average molecular weight is 193 g/mol. The minimum atomic E-state index is 0.246. The fourth-order valence-electron chi connectivity index (χ4n) is 0.966. The third-order valence-electron chi connectivity index (χ3n) is 1.63. The van der Waals surface area contributed by atoms with Crippen LogP contribution in [0.1, 0.15) is 19.0 Å². The van der Waals surface area contributed by atoms with Crippen molar-refractivity contribution in [3.63, 3.8) is 0 Å². The van der Waals surface area contributed by atoms with Crippen LogP contribution >= 0.6 is 0 Å². The summed E-state index contributed by atoms with van der Waals surface area (Å²) in [5.41, 5.74) is 7.37. The maximum absolute atomic E-state index is 5.47. The van der Waals surface area contributed by atoms with Crippen molar-refractivity contribution in [2.75, 3.05) is 12.3 Å². The van der Waals surface area contributed by atoms with Crippen molar-refractivity contribution in [2.45, 2.75) is 20.3 Å². The first-order valence-electron chi connectivity index (χ1n) is 4.46. The van der Waals surface area contributed by atoms with Crippen molar-refractivity contribution in [2.24, 2.45) is 0 Å². The number of nitrogens with zero attached hydrogens (tertiary/aromatic N) is 2. The van der Waals surface area contributed by atoms with E-state index in [1.54, 1.807) is 6.07 Å². The monoisotopic (exact) mass is 193 g/mol. The molecule has 0 aliphatic rings. The Morgan fingerprint density at radius 3 is 2.86 bits per heavy atom. The van der Waals surface area contributed by atoms with Crippen LogP contribution in [0.15, 0.2) is 18.2 Å². The number of anilines is 1. The van der Waals surface area contributed by atoms with Crippen molar-refractivity contribution < 1.29 is 4.74 Å². The summed E-state index contributed by atoms with van der Waals surface area (Å²) in [7, 11) is 0. The van der Waals surface area contributed by atoms with Crippen LogP contribution in [0.4, 0.5) is 5.95 Å². The fraction of sp³-hybridized carbons (Fsp3) is 0.400. The van der Waals surface area contributed by atoms with E-state index in [1.165, 1.54) is 0 Å². The normalized spacial score (nSPS) is 9.86. The molecule has 0 aromatic carbocycles. The summed E-state index contributed by atoms with van der Waals surface area (Å²) in [6.07, 6.45) is 0.822. The summed E-state index contributed by atoms with van der Waals surface area (Å²) in [6, 6.07) is 1.76. The largest absolute Gasteiger partial charge is 0.477 e. The summed E-state index contributed by atoms with van der Waals surface area (Å²) in [4.78, 5) is 7.89. The second-order valence-electron chi connectivity index (χ2n) is 3.26. The first kappa shape index (κ1) is 10.5. The van der Waals surface area contributed by atoms with Gasteiger partial charge in [0.2, 0.25) is 11.8 Å². The summed E-state index contributed by atoms with van der Waals surface area (Å²) in [5.74, 6) is 0.770. The number of aromatic nitrogens is 2. The smallest absolute Gasteiger partial charge is 0.223 e. The molecule has 4 nitrogen and oxygen atoms in total. The number of hydrogen-bond acceptors (Lipinski definition) is 4. The standard InChI is InChI=1S/C10H15N3O/c1-7(2)4-5-14-9-6-8(3)12-10(11)13-9/h6H,1,4-5H2,2-3H3,(H2,11,12,13). The molecule has 0 aliphatic heterocycles. The van der Waals surface area contributed by atoms with Gasteiger partial charge in [-0.15, -0.1) is 6.58 Å². The van der Waals surface area contributed by atoms with Gasteiger partial charge in [-0.05, 0) is 13.8 Å². The molecule has 4 heteroatoms. The molecule has 0 atom stereocenters. The van der Waals surface area contributed by atoms with E-state index in [1.807, 2.05) is 13.8 Å². The number of nitrogens with two attached hydrogens (primary N) is 1. The molecule has 2 N–H and O–H groups in total. The zero-order valence-electron chi connectivity index (χ0n) is 8.58. The minimum Gasteiger partial charge on any atom is -0.477 e. The number of rotatable bonds is 4. The number of ether oxygens (including phenoxy) is 1. The van der Waals surface area contributed by atoms with Crippen molar-refractivity contribution in [1.82, 2.24) is 9.97 Å². The van der Waals surface area contributed by atoms with E-state index >= 15 is 0 Å². The van der Waals surface area contributed by atoms with E-state index in [2.05, 4.69) is 16.5 Å². The second kappa shape index (κ2) is 4.60. The van der Waals surface area contributed by atoms with E-state index < -0.39 is 0 Å². The van der Waals surface area contributed by atoms with E-state index in [4.69, 9.17) is 10.5 Å². The Labute approximate surface area is 83.8 Å². The maximum Gasteiger partial charge on any atom is 0.223 e. The van der Waals surface area contributed by atoms with Gasteiger partial charge < -0.3 is 10.5 Å². The van der Waals surface area contributed by atoms with E-state index in [0.717, 1.165) is 17.7 Å². The summed E-state index contributed by atoms with van der Waals surface area (Å²) in [6.45, 7) is 8.17. The van der Waals surface area contributed by atoms with Gasteiger partial charge in [0.15, 0.2) is 0 Å². The van der Waals surface area contributed by atoms with E-state index in [0.29, 0.717) is 12.5 Å². The lowest BCUT2D eigenvalue weighted by atomic mass is 10.3. The quantitative estimate of drug-likeness (QED) is 0.739. The second-order valence-corrected chi connectivity index (χ2v) is 3.26. The topological polar surface area (TPSA) is 61.0 Å². The van der Waals surface area contributed by atoms with Crippen LogP contribution in [-0.2, 0) is 0 Å². The Bertz CT molecular complexity index is 316. The number of hydrogen-bond donors (Lipinski definition) is 1. The van der Waals surface area contributed by atoms with Crippen molar-refractivity contribution >= 4 is 5.95 Å². The molecule has 1 aromatic heterocycles. The highest BCUT2D eigenvalue weighted by Gasteiger charge is 1.99. The highest BCUT2D eigenvalue weighted by molar-refractivity contribution is 5.25. The third-order valence-corrected chi connectivity index (χ3v) is 1.63. The molecular formula is C10H15N3O. The molecule has 0 amide bonds. The minimum absolute atomic E-state index is 0.246. The summed E-state index contributed by atoms with van der Waals surface area (Å²) >= 11 is 0. The van der Waals surface area contributed by atoms with Gasteiger partial charge in [-0.3, -0.25) is 0 Å². The Kier molecular flexibility index (Phi) is 3.45. The highest BCUT2D eigenvalue weighted by Crippen LogP contribution is 2.10. The van der Waals surface area contributed by atoms with Crippen molar-refractivity contribution in [3.8, 4) is 5.88 Å². The van der Waals surface area contributed by atoms with Gasteiger partial charge in [-0.2, -0.15) is 4.98 Å². The molecule has 1 heterocycles. The van der Waals surface area contributed by atoms with Crippen LogP contribution in [0.3, 0.4) is 0 Å². The van der Waals surface area contributed by atoms with Crippen LogP contribution in [-0.4, -0.2) is 16.6 Å². The molecule has 0 unspecified atom stereocenters. The molecule has 0 spiro atoms. The van der Waals surface area contributed by atoms with Crippen molar-refractivity contribution in [1.29, 1.82) is 0 Å². The predicted octanol–water partition coefficient (Wildman–Crippen LogP) is 1.71. The molecule has 0 saturated heterocycles. The van der Waals surface area contributed by atoms with E-state index in [-0.39, 0.29) is 5.95 Å². The molecule has 14 heavy (non-hydrogen) atoms. The number of nitrogen functional groups attached to an aromatic ring is 1. The fourth-order valence-corrected chi connectivity index (χ4v) is 0.966. The van der Waals surface area contributed by atoms with Gasteiger partial charge >= 0.3 is 0 Å². The van der Waals surface area contributed by atoms with E-state index in [9.17, 15) is 0 Å².